The Balaban J connectivity index is 0.00000140. The molecule has 1 heterocycles. The maximum atomic E-state index is 13.0. The van der Waals surface area contributed by atoms with E-state index in [2.05, 4.69) is 0 Å². The summed E-state index contributed by atoms with van der Waals surface area (Å²) in [5.74, 6) is 0. The van der Waals surface area contributed by atoms with Gasteiger partial charge in [-0.1, -0.05) is 24.3 Å². The molecule has 0 spiro atoms. The molecule has 0 aliphatic carbocycles. The van der Waals surface area contributed by atoms with E-state index in [9.17, 15) is 13.2 Å². The zero-order valence-corrected chi connectivity index (χ0v) is 16.2. The minimum absolute atomic E-state index is 0. The molecule has 0 aliphatic rings. The fourth-order valence-electron chi connectivity index (χ4n) is 3.33. The summed E-state index contributed by atoms with van der Waals surface area (Å²) in [6.45, 7) is 0.289. The molecule has 4 N–H and O–H groups in total. The van der Waals surface area contributed by atoms with Gasteiger partial charge in [0.05, 0.1) is 16.6 Å². The average Bonchev–Trinajstić information content (AvgIpc) is 2.87. The summed E-state index contributed by atoms with van der Waals surface area (Å²) in [6.07, 6.45) is -4.37. The highest BCUT2D eigenvalue weighted by Crippen LogP contribution is 2.33. The Bertz CT molecular complexity index is 1080. The summed E-state index contributed by atoms with van der Waals surface area (Å²) in [4.78, 5) is 0. The molecule has 0 saturated heterocycles. The van der Waals surface area contributed by atoms with Gasteiger partial charge in [0.25, 0.3) is 0 Å². The number of anilines is 2. The molecule has 28 heavy (non-hydrogen) atoms. The normalized spacial score (nSPS) is 11.2. The lowest BCUT2D eigenvalue weighted by atomic mass is 10.1. The van der Waals surface area contributed by atoms with Gasteiger partial charge in [-0.3, -0.25) is 0 Å². The summed E-state index contributed by atoms with van der Waals surface area (Å²) >= 11 is 0. The van der Waals surface area contributed by atoms with Gasteiger partial charge in [-0.05, 0) is 42.0 Å². The summed E-state index contributed by atoms with van der Waals surface area (Å²) in [5.41, 5.74) is 14.7. The van der Waals surface area contributed by atoms with Crippen molar-refractivity contribution in [1.82, 2.24) is 4.57 Å². The molecular weight excluding hydrogens is 410 g/mol. The minimum atomic E-state index is -4.37. The van der Waals surface area contributed by atoms with Crippen LogP contribution in [0, 0.1) is 0 Å². The van der Waals surface area contributed by atoms with E-state index in [1.54, 1.807) is 6.07 Å². The van der Waals surface area contributed by atoms with E-state index in [-0.39, 0.29) is 31.4 Å². The molecule has 3 nitrogen and oxygen atoms in total. The van der Waals surface area contributed by atoms with Crippen LogP contribution in [0.4, 0.5) is 24.5 Å². The van der Waals surface area contributed by atoms with Crippen molar-refractivity contribution < 1.29 is 13.2 Å². The molecule has 148 valence electrons. The standard InChI is InChI=1S/C20H16F3N3.2ClH/c21-20(22,23)13-3-1-2-12(8-13)11-26-18-9-14(24)4-6-16(18)17-7-5-15(25)10-19(17)26;;/h1-10H,11,24-25H2;2*1H. The highest BCUT2D eigenvalue weighted by Gasteiger charge is 2.30. The van der Waals surface area contributed by atoms with Crippen LogP contribution in [0.5, 0.6) is 0 Å². The molecule has 8 heteroatoms. The van der Waals surface area contributed by atoms with E-state index in [1.165, 1.54) is 12.1 Å². The number of nitrogen functional groups attached to an aromatic ring is 2. The van der Waals surface area contributed by atoms with Crippen LogP contribution in [0.2, 0.25) is 0 Å². The van der Waals surface area contributed by atoms with E-state index in [4.69, 9.17) is 11.5 Å². The van der Waals surface area contributed by atoms with E-state index in [0.29, 0.717) is 16.9 Å². The minimum Gasteiger partial charge on any atom is -0.399 e. The van der Waals surface area contributed by atoms with Crippen LogP contribution >= 0.6 is 24.8 Å². The predicted octanol–water partition coefficient (Wildman–Crippen LogP) is 5.87. The molecule has 0 saturated carbocycles. The second-order valence-corrected chi connectivity index (χ2v) is 6.34. The molecule has 0 atom stereocenters. The topological polar surface area (TPSA) is 57.0 Å². The van der Waals surface area contributed by atoms with Gasteiger partial charge in [-0.25, -0.2) is 0 Å². The van der Waals surface area contributed by atoms with Crippen LogP contribution in [0.15, 0.2) is 60.7 Å². The number of alkyl halides is 3. The Labute approximate surface area is 171 Å². The van der Waals surface area contributed by atoms with Crippen molar-refractivity contribution in [2.45, 2.75) is 12.7 Å². The van der Waals surface area contributed by atoms with Gasteiger partial charge in [0.15, 0.2) is 0 Å². The van der Waals surface area contributed by atoms with Gasteiger partial charge in [0, 0.05) is 28.7 Å². The van der Waals surface area contributed by atoms with Crippen molar-refractivity contribution in [3.8, 4) is 0 Å². The van der Waals surface area contributed by atoms with Crippen LogP contribution in [0.1, 0.15) is 11.1 Å². The van der Waals surface area contributed by atoms with Crippen molar-refractivity contribution in [1.29, 1.82) is 0 Å². The Hall–Kier alpha value is -2.57. The fourth-order valence-corrected chi connectivity index (χ4v) is 3.33. The van der Waals surface area contributed by atoms with Gasteiger partial charge in [0.1, 0.15) is 0 Å². The van der Waals surface area contributed by atoms with Gasteiger partial charge < -0.3 is 16.0 Å². The molecule has 0 fully saturated rings. The molecule has 0 radical (unpaired) electrons. The molecule has 4 rings (SSSR count). The first-order valence-corrected chi connectivity index (χ1v) is 8.06. The van der Waals surface area contributed by atoms with Gasteiger partial charge in [0.2, 0.25) is 0 Å². The maximum Gasteiger partial charge on any atom is 0.416 e. The quantitative estimate of drug-likeness (QED) is 0.393. The first-order chi connectivity index (χ1) is 12.3. The fraction of sp³-hybridized carbons (Fsp3) is 0.100. The van der Waals surface area contributed by atoms with Gasteiger partial charge >= 0.3 is 6.18 Å². The van der Waals surface area contributed by atoms with Crippen molar-refractivity contribution in [2.75, 3.05) is 11.5 Å². The molecular formula is C20H18Cl2F3N3. The first kappa shape index (κ1) is 21.7. The third kappa shape index (κ3) is 3.84. The highest BCUT2D eigenvalue weighted by atomic mass is 35.5. The zero-order valence-electron chi connectivity index (χ0n) is 14.5. The number of hydrogen-bond donors (Lipinski definition) is 2. The van der Waals surface area contributed by atoms with Crippen LogP contribution in [0.25, 0.3) is 21.8 Å². The summed E-state index contributed by atoms with van der Waals surface area (Å²) in [7, 11) is 0. The van der Waals surface area contributed by atoms with Crippen molar-refractivity contribution in [3.05, 3.63) is 71.8 Å². The van der Waals surface area contributed by atoms with E-state index in [0.717, 1.165) is 27.9 Å². The maximum absolute atomic E-state index is 13.0. The molecule has 0 aliphatic heterocycles. The Morgan fingerprint density at radius 1 is 0.750 bits per heavy atom. The van der Waals surface area contributed by atoms with E-state index >= 15 is 0 Å². The number of halogens is 5. The predicted molar refractivity (Wildman–Crippen MR) is 113 cm³/mol. The monoisotopic (exact) mass is 427 g/mol. The van der Waals surface area contributed by atoms with Gasteiger partial charge in [-0.2, -0.15) is 13.2 Å². The summed E-state index contributed by atoms with van der Waals surface area (Å²) in [5, 5.41) is 1.97. The molecule has 0 unspecified atom stereocenters. The zero-order chi connectivity index (χ0) is 18.5. The number of nitrogens with zero attached hydrogens (tertiary/aromatic N) is 1. The van der Waals surface area contributed by atoms with E-state index < -0.39 is 11.7 Å². The van der Waals surface area contributed by atoms with Crippen LogP contribution < -0.4 is 11.5 Å². The Morgan fingerprint density at radius 3 is 1.79 bits per heavy atom. The number of nitrogens with two attached hydrogens (primary N) is 2. The molecule has 1 aromatic heterocycles. The molecule has 0 amide bonds. The number of benzene rings is 3. The number of fused-ring (bicyclic) bond motifs is 3. The largest absolute Gasteiger partial charge is 0.416 e. The average molecular weight is 428 g/mol. The highest BCUT2D eigenvalue weighted by molar-refractivity contribution is 6.09. The molecule has 3 aromatic carbocycles. The SMILES string of the molecule is Cl.Cl.Nc1ccc2c3ccc(N)cc3n(Cc3cccc(C(F)(F)F)c3)c2c1. The Morgan fingerprint density at radius 2 is 1.29 bits per heavy atom. The number of aromatic nitrogens is 1. The first-order valence-electron chi connectivity index (χ1n) is 8.06. The van der Waals surface area contributed by atoms with Crippen LogP contribution in [0.3, 0.4) is 0 Å². The number of rotatable bonds is 2. The second-order valence-electron chi connectivity index (χ2n) is 6.34. The van der Waals surface area contributed by atoms with Crippen molar-refractivity contribution in [2.24, 2.45) is 0 Å². The number of hydrogen-bond acceptors (Lipinski definition) is 2. The molecule has 4 aromatic rings. The smallest absolute Gasteiger partial charge is 0.399 e. The second kappa shape index (κ2) is 7.81. The lowest BCUT2D eigenvalue weighted by Gasteiger charge is -2.11. The van der Waals surface area contributed by atoms with Crippen molar-refractivity contribution >= 4 is 58.0 Å². The van der Waals surface area contributed by atoms with Gasteiger partial charge in [-0.15, -0.1) is 24.8 Å². The van der Waals surface area contributed by atoms with E-state index in [1.807, 2.05) is 41.0 Å². The lowest BCUT2D eigenvalue weighted by Crippen LogP contribution is -2.07. The van der Waals surface area contributed by atoms with Crippen LogP contribution in [-0.4, -0.2) is 4.57 Å². The lowest BCUT2D eigenvalue weighted by molar-refractivity contribution is -0.137. The summed E-state index contributed by atoms with van der Waals surface area (Å²) < 4.78 is 41.0. The third-order valence-corrected chi connectivity index (χ3v) is 4.51. The molecule has 0 bridgehead atoms. The van der Waals surface area contributed by atoms with Crippen molar-refractivity contribution in [3.63, 3.8) is 0 Å². The summed E-state index contributed by atoms with van der Waals surface area (Å²) in [6, 6.07) is 16.5. The van der Waals surface area contributed by atoms with Crippen LogP contribution in [-0.2, 0) is 12.7 Å². The third-order valence-electron chi connectivity index (χ3n) is 4.51. The Kier molecular flexibility index (Phi) is 6.06.